The number of nitrogens with zero attached hydrogens (tertiary/aromatic N) is 1. The third kappa shape index (κ3) is 6.03. The highest BCUT2D eigenvalue weighted by Crippen LogP contribution is 2.00. The van der Waals surface area contributed by atoms with E-state index in [1.165, 1.54) is 19.0 Å². The van der Waals surface area contributed by atoms with Crippen molar-refractivity contribution in [1.82, 2.24) is 4.90 Å². The van der Waals surface area contributed by atoms with E-state index in [0.717, 1.165) is 12.8 Å². The van der Waals surface area contributed by atoms with Crippen molar-refractivity contribution in [1.29, 1.82) is 0 Å². The van der Waals surface area contributed by atoms with Gasteiger partial charge >= 0.3 is 12.1 Å². The number of ether oxygens (including phenoxy) is 1. The van der Waals surface area contributed by atoms with Crippen molar-refractivity contribution in [2.75, 3.05) is 20.6 Å². The van der Waals surface area contributed by atoms with Crippen LogP contribution in [0.25, 0.3) is 0 Å². The van der Waals surface area contributed by atoms with Crippen molar-refractivity contribution in [3.63, 3.8) is 0 Å². The zero-order valence-corrected chi connectivity index (χ0v) is 9.23. The highest BCUT2D eigenvalue weighted by atomic mass is 16.6. The Morgan fingerprint density at radius 2 is 1.93 bits per heavy atom. The van der Waals surface area contributed by atoms with Crippen molar-refractivity contribution in [2.45, 2.75) is 25.3 Å². The molecule has 6 nitrogen and oxygen atoms in total. The minimum atomic E-state index is -0.750. The highest BCUT2D eigenvalue weighted by molar-refractivity contribution is 5.87. The molecule has 6 heteroatoms. The molecular weight excluding hydrogens is 198 g/mol. The predicted octanol–water partition coefficient (Wildman–Crippen LogP) is -0.332. The summed E-state index contributed by atoms with van der Waals surface area (Å²) in [7, 11) is 2.99. The quantitative estimate of drug-likeness (QED) is 0.373. The normalized spacial score (nSPS) is 12.0. The molecule has 1 unspecified atom stereocenters. The highest BCUT2D eigenvalue weighted by Gasteiger charge is 2.19. The fourth-order valence-electron chi connectivity index (χ4n) is 0.879. The van der Waals surface area contributed by atoms with E-state index in [1.807, 2.05) is 0 Å². The second-order valence-electron chi connectivity index (χ2n) is 3.47. The molecule has 0 aliphatic rings. The monoisotopic (exact) mass is 217 g/mol. The number of esters is 1. The number of rotatable bonds is 5. The Hall–Kier alpha value is -1.14. The molecule has 88 valence electrons. The zero-order chi connectivity index (χ0) is 11.8. The number of amides is 1. The van der Waals surface area contributed by atoms with Gasteiger partial charge in [-0.05, 0) is 19.4 Å². The van der Waals surface area contributed by atoms with E-state index in [4.69, 9.17) is 11.5 Å². The molecule has 0 fully saturated rings. The molecule has 0 rings (SSSR count). The molecule has 1 atom stereocenters. The summed E-state index contributed by atoms with van der Waals surface area (Å²) in [5, 5.41) is 0. The van der Waals surface area contributed by atoms with Crippen LogP contribution in [-0.2, 0) is 9.53 Å². The summed E-state index contributed by atoms with van der Waals surface area (Å²) in [4.78, 5) is 23.4. The maximum Gasteiger partial charge on any atom is 0.417 e. The standard InChI is InChI=1S/C9H19N3O3/c1-12(2)9(14)15-8(13)7(11)5-3-4-6-10/h7H,3-6,10-11H2,1-2H3. The number of unbranched alkanes of at least 4 members (excludes halogenated alkanes) is 1. The lowest BCUT2D eigenvalue weighted by Crippen LogP contribution is -2.36. The molecule has 0 bridgehead atoms. The molecule has 0 radical (unpaired) electrons. The van der Waals surface area contributed by atoms with E-state index in [2.05, 4.69) is 4.74 Å². The molecule has 0 aromatic carbocycles. The molecule has 4 N–H and O–H groups in total. The number of carbonyl (C=O) groups excluding carboxylic acids is 2. The summed E-state index contributed by atoms with van der Waals surface area (Å²) in [5.41, 5.74) is 10.8. The predicted molar refractivity (Wildman–Crippen MR) is 56.1 cm³/mol. The molecule has 1 amide bonds. The van der Waals surface area contributed by atoms with Gasteiger partial charge in [-0.3, -0.25) is 0 Å². The maximum atomic E-state index is 11.2. The van der Waals surface area contributed by atoms with Crippen molar-refractivity contribution < 1.29 is 14.3 Å². The van der Waals surface area contributed by atoms with Crippen LogP contribution < -0.4 is 11.5 Å². The van der Waals surface area contributed by atoms with Gasteiger partial charge in [0.15, 0.2) is 0 Å². The maximum absolute atomic E-state index is 11.2. The van der Waals surface area contributed by atoms with E-state index < -0.39 is 18.1 Å². The minimum Gasteiger partial charge on any atom is -0.375 e. The van der Waals surface area contributed by atoms with Crippen LogP contribution >= 0.6 is 0 Å². The summed E-state index contributed by atoms with van der Waals surface area (Å²) in [6.45, 7) is 0.568. The first kappa shape index (κ1) is 13.9. The van der Waals surface area contributed by atoms with Gasteiger partial charge in [-0.15, -0.1) is 0 Å². The molecule has 0 saturated carbocycles. The van der Waals surface area contributed by atoms with Crippen LogP contribution in [0.5, 0.6) is 0 Å². The van der Waals surface area contributed by atoms with Gasteiger partial charge in [0.25, 0.3) is 0 Å². The van der Waals surface area contributed by atoms with Crippen molar-refractivity contribution >= 4 is 12.1 Å². The first-order chi connectivity index (χ1) is 6.99. The largest absolute Gasteiger partial charge is 0.417 e. The molecular formula is C9H19N3O3. The van der Waals surface area contributed by atoms with Crippen molar-refractivity contribution in [3.8, 4) is 0 Å². The van der Waals surface area contributed by atoms with Crippen LogP contribution in [0.15, 0.2) is 0 Å². The van der Waals surface area contributed by atoms with Gasteiger partial charge in [-0.1, -0.05) is 6.42 Å². The van der Waals surface area contributed by atoms with E-state index in [1.54, 1.807) is 0 Å². The van der Waals surface area contributed by atoms with Crippen molar-refractivity contribution in [3.05, 3.63) is 0 Å². The van der Waals surface area contributed by atoms with Crippen LogP contribution in [0.1, 0.15) is 19.3 Å². The lowest BCUT2D eigenvalue weighted by Gasteiger charge is -2.13. The fourth-order valence-corrected chi connectivity index (χ4v) is 0.879. The molecule has 0 aliphatic carbocycles. The Bertz CT molecular complexity index is 219. The van der Waals surface area contributed by atoms with Gasteiger partial charge in [0, 0.05) is 14.1 Å². The zero-order valence-electron chi connectivity index (χ0n) is 9.23. The molecule has 0 aliphatic heterocycles. The Morgan fingerprint density at radius 1 is 1.33 bits per heavy atom. The Balaban J connectivity index is 3.83. The number of hydrogen-bond acceptors (Lipinski definition) is 5. The van der Waals surface area contributed by atoms with Gasteiger partial charge in [-0.25, -0.2) is 9.59 Å². The van der Waals surface area contributed by atoms with E-state index in [0.29, 0.717) is 13.0 Å². The molecule has 0 spiro atoms. The van der Waals surface area contributed by atoms with Gasteiger partial charge in [0.1, 0.15) is 6.04 Å². The average Bonchev–Trinajstić information content (AvgIpc) is 2.17. The van der Waals surface area contributed by atoms with E-state index in [9.17, 15) is 9.59 Å². The molecule has 0 aromatic rings. The van der Waals surface area contributed by atoms with E-state index in [-0.39, 0.29) is 0 Å². The van der Waals surface area contributed by atoms with Gasteiger partial charge < -0.3 is 21.1 Å². The molecule has 0 saturated heterocycles. The third-order valence-corrected chi connectivity index (χ3v) is 1.83. The SMILES string of the molecule is CN(C)C(=O)OC(=O)C(N)CCCCN. The lowest BCUT2D eigenvalue weighted by atomic mass is 10.1. The topological polar surface area (TPSA) is 98.6 Å². The summed E-state index contributed by atoms with van der Waals surface area (Å²) >= 11 is 0. The molecule has 15 heavy (non-hydrogen) atoms. The first-order valence-corrected chi connectivity index (χ1v) is 4.87. The Labute approximate surface area is 89.5 Å². The van der Waals surface area contributed by atoms with E-state index >= 15 is 0 Å². The average molecular weight is 217 g/mol. The minimum absolute atomic E-state index is 0.483. The first-order valence-electron chi connectivity index (χ1n) is 4.87. The Morgan fingerprint density at radius 3 is 2.40 bits per heavy atom. The van der Waals surface area contributed by atoms with Crippen LogP contribution in [0.3, 0.4) is 0 Å². The van der Waals surface area contributed by atoms with Crippen LogP contribution in [0.2, 0.25) is 0 Å². The van der Waals surface area contributed by atoms with Crippen LogP contribution in [-0.4, -0.2) is 43.6 Å². The molecule has 0 aromatic heterocycles. The smallest absolute Gasteiger partial charge is 0.375 e. The van der Waals surface area contributed by atoms with Crippen LogP contribution in [0.4, 0.5) is 4.79 Å². The summed E-state index contributed by atoms with van der Waals surface area (Å²) in [6.07, 6.45) is 1.34. The summed E-state index contributed by atoms with van der Waals surface area (Å²) < 4.78 is 4.50. The second kappa shape index (κ2) is 7.19. The summed E-state index contributed by atoms with van der Waals surface area (Å²) in [6, 6.07) is -0.750. The summed E-state index contributed by atoms with van der Waals surface area (Å²) in [5.74, 6) is -0.689. The molecule has 0 heterocycles. The van der Waals surface area contributed by atoms with Gasteiger partial charge in [0.05, 0.1) is 0 Å². The third-order valence-electron chi connectivity index (χ3n) is 1.83. The number of nitrogens with two attached hydrogens (primary N) is 2. The van der Waals surface area contributed by atoms with Crippen LogP contribution in [0, 0.1) is 0 Å². The number of carbonyl (C=O) groups is 2. The van der Waals surface area contributed by atoms with Gasteiger partial charge in [0.2, 0.25) is 0 Å². The number of hydrogen-bond donors (Lipinski definition) is 2. The van der Waals surface area contributed by atoms with Gasteiger partial charge in [-0.2, -0.15) is 0 Å². The van der Waals surface area contributed by atoms with Crippen molar-refractivity contribution in [2.24, 2.45) is 11.5 Å². The fraction of sp³-hybridized carbons (Fsp3) is 0.778. The second-order valence-corrected chi connectivity index (χ2v) is 3.47. The lowest BCUT2D eigenvalue weighted by molar-refractivity contribution is -0.139. The Kier molecular flexibility index (Phi) is 6.64.